The molecule has 0 aromatic heterocycles. The zero-order valence-corrected chi connectivity index (χ0v) is 13.2. The average molecular weight is 267 g/mol. The van der Waals surface area contributed by atoms with Gasteiger partial charge in [-0.15, -0.1) is 0 Å². The number of nitrogens with zero attached hydrogens (tertiary/aromatic N) is 2. The van der Waals surface area contributed by atoms with E-state index in [1.807, 2.05) is 0 Å². The van der Waals surface area contributed by atoms with E-state index >= 15 is 0 Å². The molecule has 2 aliphatic rings. The van der Waals surface area contributed by atoms with E-state index in [2.05, 4.69) is 36.0 Å². The normalized spacial score (nSPS) is 29.5. The topological polar surface area (TPSA) is 18.5 Å². The van der Waals surface area contributed by atoms with Crippen molar-refractivity contribution in [2.24, 2.45) is 5.41 Å². The summed E-state index contributed by atoms with van der Waals surface area (Å²) in [4.78, 5) is 5.22. The molecule has 0 bridgehead atoms. The largest absolute Gasteiger partial charge is 0.316 e. The maximum absolute atomic E-state index is 3.63. The Labute approximate surface area is 119 Å². The van der Waals surface area contributed by atoms with Crippen molar-refractivity contribution in [3.05, 3.63) is 0 Å². The first-order valence-corrected chi connectivity index (χ1v) is 8.28. The fourth-order valence-corrected chi connectivity index (χ4v) is 3.93. The molecular weight excluding hydrogens is 234 g/mol. The van der Waals surface area contributed by atoms with E-state index in [0.717, 1.165) is 12.6 Å². The Hall–Kier alpha value is -0.120. The molecule has 2 fully saturated rings. The summed E-state index contributed by atoms with van der Waals surface area (Å²) in [5, 5.41) is 3.63. The Morgan fingerprint density at radius 2 is 1.89 bits per heavy atom. The molecule has 19 heavy (non-hydrogen) atoms. The zero-order chi connectivity index (χ0) is 13.7. The van der Waals surface area contributed by atoms with Gasteiger partial charge in [0, 0.05) is 38.8 Å². The third kappa shape index (κ3) is 4.17. The molecule has 0 aromatic carbocycles. The van der Waals surface area contributed by atoms with Crippen molar-refractivity contribution in [1.82, 2.24) is 15.1 Å². The van der Waals surface area contributed by atoms with E-state index in [9.17, 15) is 0 Å². The van der Waals surface area contributed by atoms with E-state index in [0.29, 0.717) is 5.41 Å². The second-order valence-corrected chi connectivity index (χ2v) is 6.92. The highest BCUT2D eigenvalue weighted by Crippen LogP contribution is 2.37. The van der Waals surface area contributed by atoms with Gasteiger partial charge in [0.1, 0.15) is 0 Å². The molecule has 1 heterocycles. The predicted molar refractivity (Wildman–Crippen MR) is 82.6 cm³/mol. The molecule has 2 rings (SSSR count). The summed E-state index contributed by atoms with van der Waals surface area (Å²) in [5.41, 5.74) is 0.554. The monoisotopic (exact) mass is 267 g/mol. The molecule has 0 radical (unpaired) electrons. The molecule has 1 aliphatic carbocycles. The van der Waals surface area contributed by atoms with Crippen molar-refractivity contribution in [3.63, 3.8) is 0 Å². The lowest BCUT2D eigenvalue weighted by Gasteiger charge is -2.46. The summed E-state index contributed by atoms with van der Waals surface area (Å²) in [6.07, 6.45) is 7.19. The molecule has 1 atom stereocenters. The summed E-state index contributed by atoms with van der Waals surface area (Å²) in [7, 11) is 2.25. The van der Waals surface area contributed by atoms with E-state index in [1.54, 1.807) is 0 Å². The van der Waals surface area contributed by atoms with Crippen LogP contribution in [0, 0.1) is 5.41 Å². The third-order valence-corrected chi connectivity index (χ3v) is 5.17. The lowest BCUT2D eigenvalue weighted by atomic mass is 9.73. The molecule has 3 heteroatoms. The van der Waals surface area contributed by atoms with Crippen LogP contribution < -0.4 is 5.32 Å². The number of hydrogen-bond donors (Lipinski definition) is 1. The van der Waals surface area contributed by atoms with Crippen molar-refractivity contribution in [2.45, 2.75) is 52.0 Å². The number of rotatable bonds is 5. The van der Waals surface area contributed by atoms with Gasteiger partial charge in [0.25, 0.3) is 0 Å². The third-order valence-electron chi connectivity index (χ3n) is 5.17. The van der Waals surface area contributed by atoms with Gasteiger partial charge in [-0.2, -0.15) is 0 Å². The van der Waals surface area contributed by atoms with Crippen LogP contribution in [0.4, 0.5) is 0 Å². The van der Waals surface area contributed by atoms with Crippen molar-refractivity contribution in [2.75, 3.05) is 46.3 Å². The van der Waals surface area contributed by atoms with Crippen LogP contribution in [-0.2, 0) is 0 Å². The molecule has 0 amide bonds. The minimum atomic E-state index is 0.554. The van der Waals surface area contributed by atoms with Crippen LogP contribution in [0.2, 0.25) is 0 Å². The predicted octanol–water partition coefficient (Wildman–Crippen LogP) is 2.18. The van der Waals surface area contributed by atoms with Crippen LogP contribution in [0.1, 0.15) is 46.0 Å². The fourth-order valence-electron chi connectivity index (χ4n) is 3.93. The molecule has 1 saturated heterocycles. The summed E-state index contributed by atoms with van der Waals surface area (Å²) in [5.74, 6) is 0. The van der Waals surface area contributed by atoms with Crippen LogP contribution in [-0.4, -0.2) is 62.2 Å². The molecule has 3 nitrogen and oxygen atoms in total. The maximum Gasteiger partial charge on any atom is 0.0195 e. The van der Waals surface area contributed by atoms with Crippen molar-refractivity contribution in [3.8, 4) is 0 Å². The molecule has 1 unspecified atom stereocenters. The van der Waals surface area contributed by atoms with Crippen molar-refractivity contribution in [1.29, 1.82) is 0 Å². The van der Waals surface area contributed by atoms with Crippen LogP contribution in [0.3, 0.4) is 0 Å². The quantitative estimate of drug-likeness (QED) is 0.824. The van der Waals surface area contributed by atoms with Gasteiger partial charge in [0.05, 0.1) is 0 Å². The maximum atomic E-state index is 3.63. The minimum absolute atomic E-state index is 0.554. The zero-order valence-electron chi connectivity index (χ0n) is 13.2. The summed E-state index contributed by atoms with van der Waals surface area (Å²) >= 11 is 0. The van der Waals surface area contributed by atoms with Crippen LogP contribution in [0.25, 0.3) is 0 Å². The highest BCUT2D eigenvalue weighted by atomic mass is 15.3. The van der Waals surface area contributed by atoms with Gasteiger partial charge in [-0.05, 0) is 38.8 Å². The van der Waals surface area contributed by atoms with Crippen LogP contribution >= 0.6 is 0 Å². The van der Waals surface area contributed by atoms with Gasteiger partial charge in [0.2, 0.25) is 0 Å². The number of nitrogens with one attached hydrogen (secondary N) is 1. The standard InChI is InChI=1S/C16H33N3/c1-4-17-13-16(8-6-5-7-9-16)14-19-11-10-18(3)12-15(19)2/h15,17H,4-14H2,1-3H3. The van der Waals surface area contributed by atoms with E-state index in [4.69, 9.17) is 0 Å². The van der Waals surface area contributed by atoms with Crippen molar-refractivity contribution >= 4 is 0 Å². The molecule has 1 aliphatic heterocycles. The molecule has 112 valence electrons. The van der Waals surface area contributed by atoms with Gasteiger partial charge < -0.3 is 10.2 Å². The second-order valence-electron chi connectivity index (χ2n) is 6.92. The lowest BCUT2D eigenvalue weighted by Crippen LogP contribution is -2.55. The first-order chi connectivity index (χ1) is 9.15. The number of hydrogen-bond acceptors (Lipinski definition) is 3. The van der Waals surface area contributed by atoms with Gasteiger partial charge in [0.15, 0.2) is 0 Å². The van der Waals surface area contributed by atoms with Gasteiger partial charge >= 0.3 is 0 Å². The SMILES string of the molecule is CCNCC1(CN2CCN(C)CC2C)CCCCC1. The molecule has 0 aromatic rings. The van der Waals surface area contributed by atoms with Crippen LogP contribution in [0.5, 0.6) is 0 Å². The van der Waals surface area contributed by atoms with E-state index in [-0.39, 0.29) is 0 Å². The Kier molecular flexibility index (Phi) is 5.67. The number of piperazine rings is 1. The number of likely N-dealkylation sites (N-methyl/N-ethyl adjacent to an activating group) is 1. The molecule has 1 saturated carbocycles. The summed E-state index contributed by atoms with van der Waals surface area (Å²) in [6, 6.07) is 0.721. The van der Waals surface area contributed by atoms with Crippen molar-refractivity contribution < 1.29 is 0 Å². The van der Waals surface area contributed by atoms with E-state index in [1.165, 1.54) is 64.8 Å². The average Bonchev–Trinajstić information content (AvgIpc) is 2.41. The highest BCUT2D eigenvalue weighted by molar-refractivity contribution is 4.90. The fraction of sp³-hybridized carbons (Fsp3) is 1.00. The lowest BCUT2D eigenvalue weighted by molar-refractivity contribution is 0.0368. The molecular formula is C16H33N3. The Balaban J connectivity index is 1.94. The van der Waals surface area contributed by atoms with Gasteiger partial charge in [-0.25, -0.2) is 0 Å². The summed E-state index contributed by atoms with van der Waals surface area (Å²) < 4.78 is 0. The van der Waals surface area contributed by atoms with Crippen LogP contribution in [0.15, 0.2) is 0 Å². The first kappa shape index (κ1) is 15.3. The molecule has 0 spiro atoms. The second kappa shape index (κ2) is 7.05. The Bertz CT molecular complexity index is 261. The highest BCUT2D eigenvalue weighted by Gasteiger charge is 2.35. The Morgan fingerprint density at radius 1 is 1.16 bits per heavy atom. The smallest absolute Gasteiger partial charge is 0.0195 e. The summed E-state index contributed by atoms with van der Waals surface area (Å²) in [6.45, 7) is 12.0. The van der Waals surface area contributed by atoms with Gasteiger partial charge in [-0.1, -0.05) is 26.2 Å². The molecule has 1 N–H and O–H groups in total. The minimum Gasteiger partial charge on any atom is -0.316 e. The van der Waals surface area contributed by atoms with E-state index < -0.39 is 0 Å². The van der Waals surface area contributed by atoms with Gasteiger partial charge in [-0.3, -0.25) is 4.90 Å². The Morgan fingerprint density at radius 3 is 2.53 bits per heavy atom. The first-order valence-electron chi connectivity index (χ1n) is 8.28.